The number of unbranched alkanes of at least 4 members (excludes halogenated alkanes) is 5. The summed E-state index contributed by atoms with van der Waals surface area (Å²) < 4.78 is 5.13. The van der Waals surface area contributed by atoms with Gasteiger partial charge in [-0.3, -0.25) is 0 Å². The largest absolute Gasteiger partial charge is 0.383 e. The van der Waals surface area contributed by atoms with Gasteiger partial charge in [0.1, 0.15) is 0 Å². The lowest BCUT2D eigenvalue weighted by Crippen LogP contribution is -2.35. The van der Waals surface area contributed by atoms with Gasteiger partial charge < -0.3 is 10.1 Å². The second-order valence-electron chi connectivity index (χ2n) is 6.29. The van der Waals surface area contributed by atoms with Gasteiger partial charge in [-0.05, 0) is 24.7 Å². The quantitative estimate of drug-likeness (QED) is 0.419. The van der Waals surface area contributed by atoms with E-state index in [1.54, 1.807) is 7.11 Å². The van der Waals surface area contributed by atoms with E-state index in [1.165, 1.54) is 70.8 Å². The molecule has 0 aromatic carbocycles. The molecule has 0 amide bonds. The van der Waals surface area contributed by atoms with Crippen LogP contribution in [-0.4, -0.2) is 26.8 Å². The molecular weight excluding hydrogens is 246 g/mol. The van der Waals surface area contributed by atoms with Crippen LogP contribution in [0.15, 0.2) is 0 Å². The van der Waals surface area contributed by atoms with Crippen molar-refractivity contribution in [3.8, 4) is 0 Å². The zero-order valence-corrected chi connectivity index (χ0v) is 14.6. The Morgan fingerprint density at radius 1 is 0.850 bits per heavy atom. The van der Waals surface area contributed by atoms with Gasteiger partial charge in [0.05, 0.1) is 6.61 Å². The summed E-state index contributed by atoms with van der Waals surface area (Å²) in [6.07, 6.45) is 13.8. The topological polar surface area (TPSA) is 21.3 Å². The van der Waals surface area contributed by atoms with Crippen molar-refractivity contribution in [3.05, 3.63) is 0 Å². The molecule has 0 aliphatic heterocycles. The van der Waals surface area contributed by atoms with Crippen LogP contribution in [0, 0.1) is 5.41 Å². The maximum atomic E-state index is 5.13. The van der Waals surface area contributed by atoms with Gasteiger partial charge >= 0.3 is 0 Å². The van der Waals surface area contributed by atoms with Crippen LogP contribution in [0.1, 0.15) is 85.0 Å². The molecule has 0 bridgehead atoms. The summed E-state index contributed by atoms with van der Waals surface area (Å²) in [6.45, 7) is 9.95. The highest BCUT2D eigenvalue weighted by Crippen LogP contribution is 2.34. The van der Waals surface area contributed by atoms with Crippen molar-refractivity contribution in [3.63, 3.8) is 0 Å². The van der Waals surface area contributed by atoms with E-state index in [0.29, 0.717) is 5.41 Å². The van der Waals surface area contributed by atoms with Crippen LogP contribution >= 0.6 is 0 Å². The summed E-state index contributed by atoms with van der Waals surface area (Å²) in [5, 5.41) is 3.61. The molecule has 0 fully saturated rings. The molecule has 0 saturated carbocycles. The SMILES string of the molecule is CCCCCCCC(CC)(CCCC)CNCCOC. The lowest BCUT2D eigenvalue weighted by Gasteiger charge is -2.33. The highest BCUT2D eigenvalue weighted by Gasteiger charge is 2.26. The monoisotopic (exact) mass is 285 g/mol. The highest BCUT2D eigenvalue weighted by molar-refractivity contribution is 4.80. The lowest BCUT2D eigenvalue weighted by molar-refractivity contribution is 0.174. The van der Waals surface area contributed by atoms with E-state index in [1.807, 2.05) is 0 Å². The smallest absolute Gasteiger partial charge is 0.0587 e. The number of methoxy groups -OCH3 is 1. The Balaban J connectivity index is 4.12. The summed E-state index contributed by atoms with van der Waals surface area (Å²) in [5.74, 6) is 0. The van der Waals surface area contributed by atoms with E-state index in [2.05, 4.69) is 26.1 Å². The maximum Gasteiger partial charge on any atom is 0.0587 e. The minimum atomic E-state index is 0.524. The molecule has 2 heteroatoms. The van der Waals surface area contributed by atoms with Gasteiger partial charge in [-0.15, -0.1) is 0 Å². The van der Waals surface area contributed by atoms with E-state index in [0.717, 1.165) is 13.2 Å². The van der Waals surface area contributed by atoms with Crippen molar-refractivity contribution < 1.29 is 4.74 Å². The minimum Gasteiger partial charge on any atom is -0.383 e. The molecule has 0 aromatic heterocycles. The fourth-order valence-electron chi connectivity index (χ4n) is 2.96. The van der Waals surface area contributed by atoms with Crippen LogP contribution in [0.5, 0.6) is 0 Å². The van der Waals surface area contributed by atoms with Gasteiger partial charge in [0, 0.05) is 20.2 Å². The van der Waals surface area contributed by atoms with Crippen molar-refractivity contribution in [2.45, 2.75) is 85.0 Å². The third-order valence-corrected chi connectivity index (χ3v) is 4.60. The average Bonchev–Trinajstić information content (AvgIpc) is 2.48. The van der Waals surface area contributed by atoms with Crippen LogP contribution in [0.4, 0.5) is 0 Å². The summed E-state index contributed by atoms with van der Waals surface area (Å²) in [4.78, 5) is 0. The molecule has 0 saturated heterocycles. The molecule has 2 nitrogen and oxygen atoms in total. The first kappa shape index (κ1) is 19.9. The molecular formula is C18H39NO. The third kappa shape index (κ3) is 9.77. The predicted molar refractivity (Wildman–Crippen MR) is 90.4 cm³/mol. The van der Waals surface area contributed by atoms with Crippen molar-refractivity contribution in [2.75, 3.05) is 26.8 Å². The molecule has 20 heavy (non-hydrogen) atoms. The van der Waals surface area contributed by atoms with Crippen LogP contribution in [0.2, 0.25) is 0 Å². The number of hydrogen-bond donors (Lipinski definition) is 1. The molecule has 0 aliphatic rings. The Morgan fingerprint density at radius 2 is 1.50 bits per heavy atom. The second-order valence-corrected chi connectivity index (χ2v) is 6.29. The fraction of sp³-hybridized carbons (Fsp3) is 1.00. The molecule has 0 heterocycles. The van der Waals surface area contributed by atoms with E-state index >= 15 is 0 Å². The zero-order chi connectivity index (χ0) is 15.1. The molecule has 122 valence electrons. The van der Waals surface area contributed by atoms with Gasteiger partial charge in [-0.1, -0.05) is 65.7 Å². The average molecular weight is 286 g/mol. The normalized spacial score (nSPS) is 14.4. The van der Waals surface area contributed by atoms with Crippen molar-refractivity contribution in [1.29, 1.82) is 0 Å². The van der Waals surface area contributed by atoms with Gasteiger partial charge in [-0.2, -0.15) is 0 Å². The lowest BCUT2D eigenvalue weighted by atomic mass is 9.75. The highest BCUT2D eigenvalue weighted by atomic mass is 16.5. The first-order valence-corrected chi connectivity index (χ1v) is 8.94. The Morgan fingerprint density at radius 3 is 2.10 bits per heavy atom. The summed E-state index contributed by atoms with van der Waals surface area (Å²) in [5.41, 5.74) is 0.524. The number of hydrogen-bond acceptors (Lipinski definition) is 2. The number of rotatable bonds is 15. The predicted octanol–water partition coefficient (Wildman–Crippen LogP) is 5.17. The van der Waals surface area contributed by atoms with Gasteiger partial charge in [0.2, 0.25) is 0 Å². The molecule has 1 N–H and O–H groups in total. The molecule has 0 rings (SSSR count). The Bertz CT molecular complexity index is 196. The van der Waals surface area contributed by atoms with Crippen molar-refractivity contribution >= 4 is 0 Å². The van der Waals surface area contributed by atoms with Crippen LogP contribution in [0.3, 0.4) is 0 Å². The summed E-state index contributed by atoms with van der Waals surface area (Å²) in [6, 6.07) is 0. The van der Waals surface area contributed by atoms with Gasteiger partial charge in [0.25, 0.3) is 0 Å². The van der Waals surface area contributed by atoms with Crippen molar-refractivity contribution in [2.24, 2.45) is 5.41 Å². The van der Waals surface area contributed by atoms with E-state index in [-0.39, 0.29) is 0 Å². The summed E-state index contributed by atoms with van der Waals surface area (Å²) >= 11 is 0. The van der Waals surface area contributed by atoms with Gasteiger partial charge in [-0.25, -0.2) is 0 Å². The number of ether oxygens (including phenoxy) is 1. The zero-order valence-electron chi connectivity index (χ0n) is 14.6. The minimum absolute atomic E-state index is 0.524. The fourth-order valence-corrected chi connectivity index (χ4v) is 2.96. The molecule has 1 atom stereocenters. The van der Waals surface area contributed by atoms with Crippen molar-refractivity contribution in [1.82, 2.24) is 5.32 Å². The summed E-state index contributed by atoms with van der Waals surface area (Å²) in [7, 11) is 1.78. The maximum absolute atomic E-state index is 5.13. The van der Waals surface area contributed by atoms with E-state index < -0.39 is 0 Å². The standard InChI is InChI=1S/C18H39NO/c1-5-8-10-11-12-14-18(7-3,13-9-6-2)17-19-15-16-20-4/h19H,5-17H2,1-4H3. The van der Waals surface area contributed by atoms with Crippen LogP contribution < -0.4 is 5.32 Å². The molecule has 1 unspecified atom stereocenters. The van der Waals surface area contributed by atoms with Crippen LogP contribution in [-0.2, 0) is 4.74 Å². The second kappa shape index (κ2) is 13.9. The Kier molecular flexibility index (Phi) is 13.8. The first-order valence-electron chi connectivity index (χ1n) is 8.94. The Labute approximate surface area is 128 Å². The molecule has 0 aliphatic carbocycles. The molecule has 0 aromatic rings. The number of nitrogens with one attached hydrogen (secondary N) is 1. The molecule has 0 spiro atoms. The van der Waals surface area contributed by atoms with Gasteiger partial charge in [0.15, 0.2) is 0 Å². The van der Waals surface area contributed by atoms with Crippen LogP contribution in [0.25, 0.3) is 0 Å². The van der Waals surface area contributed by atoms with E-state index in [9.17, 15) is 0 Å². The van der Waals surface area contributed by atoms with E-state index in [4.69, 9.17) is 4.74 Å². The first-order chi connectivity index (χ1) is 9.74. The Hall–Kier alpha value is -0.0800. The third-order valence-electron chi connectivity index (χ3n) is 4.60. The molecule has 0 radical (unpaired) electrons.